The maximum Gasteiger partial charge on any atom is 0.167 e. The number of carbonyl (C=O) groups is 1. The highest BCUT2D eigenvalue weighted by Gasteiger charge is 2.13. The van der Waals surface area contributed by atoms with Crippen LogP contribution in [0.25, 0.3) is 10.8 Å². The van der Waals surface area contributed by atoms with Crippen molar-refractivity contribution < 1.29 is 4.79 Å². The van der Waals surface area contributed by atoms with Crippen LogP contribution in [0.2, 0.25) is 0 Å². The van der Waals surface area contributed by atoms with Crippen LogP contribution < -0.4 is 0 Å². The number of hydrogen-bond acceptors (Lipinski definition) is 1. The van der Waals surface area contributed by atoms with Gasteiger partial charge in [0, 0.05) is 17.9 Å². The van der Waals surface area contributed by atoms with Gasteiger partial charge in [-0.15, -0.1) is 11.6 Å². The largest absolute Gasteiger partial charge is 0.294 e. The standard InChI is InChI=1S/C19H15ClO/c20-13-17-11-15-8-4-5-9-16(15)12-18(17)19(21)10-14-6-2-1-3-7-14/h1-9,11-12H,10,13H2. The van der Waals surface area contributed by atoms with Gasteiger partial charge in [0.25, 0.3) is 0 Å². The average Bonchev–Trinajstić information content (AvgIpc) is 2.54. The van der Waals surface area contributed by atoms with E-state index < -0.39 is 0 Å². The third-order valence-electron chi connectivity index (χ3n) is 3.62. The molecule has 0 aliphatic rings. The molecule has 0 heterocycles. The molecular formula is C19H15ClO. The second-order valence-electron chi connectivity index (χ2n) is 5.08. The highest BCUT2D eigenvalue weighted by molar-refractivity contribution is 6.18. The van der Waals surface area contributed by atoms with Crippen molar-refractivity contribution in [3.63, 3.8) is 0 Å². The van der Waals surface area contributed by atoms with Crippen LogP contribution in [-0.2, 0) is 12.3 Å². The number of carbonyl (C=O) groups excluding carboxylic acids is 1. The fourth-order valence-electron chi connectivity index (χ4n) is 2.53. The third kappa shape index (κ3) is 2.98. The molecule has 0 N–H and O–H groups in total. The summed E-state index contributed by atoms with van der Waals surface area (Å²) in [4.78, 5) is 12.6. The summed E-state index contributed by atoms with van der Waals surface area (Å²) < 4.78 is 0. The van der Waals surface area contributed by atoms with Crippen molar-refractivity contribution in [2.24, 2.45) is 0 Å². The van der Waals surface area contributed by atoms with Gasteiger partial charge in [-0.1, -0.05) is 54.6 Å². The SMILES string of the molecule is O=C(Cc1ccccc1)c1cc2ccccc2cc1CCl. The zero-order chi connectivity index (χ0) is 14.7. The van der Waals surface area contributed by atoms with Gasteiger partial charge in [-0.2, -0.15) is 0 Å². The molecule has 0 spiro atoms. The lowest BCUT2D eigenvalue weighted by atomic mass is 9.96. The Bertz CT molecular complexity index is 778. The molecule has 0 atom stereocenters. The van der Waals surface area contributed by atoms with Gasteiger partial charge >= 0.3 is 0 Å². The first-order chi connectivity index (χ1) is 10.3. The molecule has 0 amide bonds. The van der Waals surface area contributed by atoms with Gasteiger partial charge in [-0.3, -0.25) is 4.79 Å². The highest BCUT2D eigenvalue weighted by Crippen LogP contribution is 2.23. The lowest BCUT2D eigenvalue weighted by Crippen LogP contribution is -2.06. The van der Waals surface area contributed by atoms with E-state index in [1.807, 2.05) is 66.7 Å². The number of benzene rings is 3. The first-order valence-corrected chi connectivity index (χ1v) is 7.46. The molecule has 0 fully saturated rings. The van der Waals surface area contributed by atoms with Crippen LogP contribution in [-0.4, -0.2) is 5.78 Å². The van der Waals surface area contributed by atoms with Crippen LogP contribution in [0.3, 0.4) is 0 Å². The van der Waals surface area contributed by atoms with E-state index in [-0.39, 0.29) is 5.78 Å². The number of ketones is 1. The van der Waals surface area contributed by atoms with Crippen molar-refractivity contribution in [2.75, 3.05) is 0 Å². The summed E-state index contributed by atoms with van der Waals surface area (Å²) in [6.45, 7) is 0. The molecular weight excluding hydrogens is 280 g/mol. The van der Waals surface area contributed by atoms with Crippen molar-refractivity contribution in [2.45, 2.75) is 12.3 Å². The minimum atomic E-state index is 0.114. The summed E-state index contributed by atoms with van der Waals surface area (Å²) in [5, 5.41) is 2.19. The molecule has 0 aliphatic carbocycles. The molecule has 0 saturated carbocycles. The Morgan fingerprint density at radius 2 is 1.48 bits per heavy atom. The second kappa shape index (κ2) is 6.11. The minimum absolute atomic E-state index is 0.114. The maximum atomic E-state index is 12.6. The van der Waals surface area contributed by atoms with E-state index in [0.29, 0.717) is 12.3 Å². The topological polar surface area (TPSA) is 17.1 Å². The van der Waals surface area contributed by atoms with Crippen LogP contribution in [0, 0.1) is 0 Å². The lowest BCUT2D eigenvalue weighted by Gasteiger charge is -2.09. The van der Waals surface area contributed by atoms with E-state index in [4.69, 9.17) is 11.6 Å². The van der Waals surface area contributed by atoms with E-state index in [1.54, 1.807) is 0 Å². The van der Waals surface area contributed by atoms with E-state index in [2.05, 4.69) is 0 Å². The van der Waals surface area contributed by atoms with E-state index in [0.717, 1.165) is 27.5 Å². The van der Waals surface area contributed by atoms with Crippen molar-refractivity contribution in [3.05, 3.63) is 83.4 Å². The van der Waals surface area contributed by atoms with Gasteiger partial charge in [-0.05, 0) is 34.0 Å². The quantitative estimate of drug-likeness (QED) is 0.488. The number of fused-ring (bicyclic) bond motifs is 1. The fraction of sp³-hybridized carbons (Fsp3) is 0.105. The number of alkyl halides is 1. The van der Waals surface area contributed by atoms with E-state index >= 15 is 0 Å². The molecule has 0 radical (unpaired) electrons. The van der Waals surface area contributed by atoms with E-state index in [1.165, 1.54) is 0 Å². The molecule has 3 aromatic carbocycles. The number of Topliss-reactive ketones (excluding diaryl/α,β-unsaturated/α-hetero) is 1. The molecule has 0 unspecified atom stereocenters. The molecule has 0 aliphatic heterocycles. The highest BCUT2D eigenvalue weighted by atomic mass is 35.5. The Labute approximate surface area is 129 Å². The van der Waals surface area contributed by atoms with Crippen LogP contribution in [0.15, 0.2) is 66.7 Å². The van der Waals surface area contributed by atoms with Crippen LogP contribution in [0.5, 0.6) is 0 Å². The zero-order valence-electron chi connectivity index (χ0n) is 11.6. The first kappa shape index (κ1) is 13.8. The Balaban J connectivity index is 2.00. The minimum Gasteiger partial charge on any atom is -0.294 e. The third-order valence-corrected chi connectivity index (χ3v) is 3.91. The second-order valence-corrected chi connectivity index (χ2v) is 5.34. The predicted octanol–water partition coefficient (Wildman–Crippen LogP) is 5.00. The number of rotatable bonds is 4. The molecule has 0 bridgehead atoms. The Morgan fingerprint density at radius 1 is 0.857 bits per heavy atom. The molecule has 21 heavy (non-hydrogen) atoms. The molecule has 2 heteroatoms. The van der Waals surface area contributed by atoms with Crippen LogP contribution in [0.4, 0.5) is 0 Å². The van der Waals surface area contributed by atoms with Crippen LogP contribution in [0.1, 0.15) is 21.5 Å². The van der Waals surface area contributed by atoms with Crippen molar-refractivity contribution in [1.29, 1.82) is 0 Å². The lowest BCUT2D eigenvalue weighted by molar-refractivity contribution is 0.0992. The summed E-state index contributed by atoms with van der Waals surface area (Å²) in [5.74, 6) is 0.461. The average molecular weight is 295 g/mol. The molecule has 0 saturated heterocycles. The van der Waals surface area contributed by atoms with Gasteiger partial charge in [0.05, 0.1) is 0 Å². The summed E-state index contributed by atoms with van der Waals surface area (Å²) in [5.41, 5.74) is 2.65. The molecule has 1 nitrogen and oxygen atoms in total. The Hall–Kier alpha value is -2.12. The smallest absolute Gasteiger partial charge is 0.167 e. The number of halogens is 1. The molecule has 104 valence electrons. The number of hydrogen-bond donors (Lipinski definition) is 0. The fourth-order valence-corrected chi connectivity index (χ4v) is 2.76. The normalized spacial score (nSPS) is 10.7. The Kier molecular flexibility index (Phi) is 4.03. The van der Waals surface area contributed by atoms with Crippen molar-refractivity contribution in [1.82, 2.24) is 0 Å². The van der Waals surface area contributed by atoms with Crippen LogP contribution >= 0.6 is 11.6 Å². The predicted molar refractivity (Wildman–Crippen MR) is 88.0 cm³/mol. The molecule has 3 rings (SSSR count). The van der Waals surface area contributed by atoms with Crippen molar-refractivity contribution in [3.8, 4) is 0 Å². The summed E-state index contributed by atoms with van der Waals surface area (Å²) in [6.07, 6.45) is 0.406. The zero-order valence-corrected chi connectivity index (χ0v) is 12.3. The maximum absolute atomic E-state index is 12.6. The molecule has 3 aromatic rings. The van der Waals surface area contributed by atoms with Crippen molar-refractivity contribution >= 4 is 28.2 Å². The van der Waals surface area contributed by atoms with E-state index in [9.17, 15) is 4.79 Å². The monoisotopic (exact) mass is 294 g/mol. The Morgan fingerprint density at radius 3 is 2.14 bits per heavy atom. The van der Waals surface area contributed by atoms with Gasteiger partial charge in [0.15, 0.2) is 5.78 Å². The summed E-state index contributed by atoms with van der Waals surface area (Å²) in [6, 6.07) is 21.8. The van der Waals surface area contributed by atoms with Gasteiger partial charge < -0.3 is 0 Å². The van der Waals surface area contributed by atoms with Gasteiger partial charge in [0.1, 0.15) is 0 Å². The van der Waals surface area contributed by atoms with Gasteiger partial charge in [-0.25, -0.2) is 0 Å². The summed E-state index contributed by atoms with van der Waals surface area (Å²) >= 11 is 6.03. The molecule has 0 aromatic heterocycles. The first-order valence-electron chi connectivity index (χ1n) is 6.92. The summed E-state index contributed by atoms with van der Waals surface area (Å²) in [7, 11) is 0. The van der Waals surface area contributed by atoms with Gasteiger partial charge in [0.2, 0.25) is 0 Å².